The van der Waals surface area contributed by atoms with Crippen LogP contribution >= 0.6 is 27.7 Å². The molecule has 1 aromatic heterocycles. The number of H-pyrrole nitrogens is 1. The summed E-state index contributed by atoms with van der Waals surface area (Å²) in [4.78, 5) is 9.96. The fraction of sp³-hybridized carbons (Fsp3) is 0.222. The van der Waals surface area contributed by atoms with Gasteiger partial charge in [-0.3, -0.25) is 0 Å². The van der Waals surface area contributed by atoms with E-state index >= 15 is 0 Å². The molecule has 2 heterocycles. The number of halogens is 1. The Bertz CT molecular complexity index is 836. The van der Waals surface area contributed by atoms with Gasteiger partial charge in [-0.1, -0.05) is 28.1 Å². The summed E-state index contributed by atoms with van der Waals surface area (Å²) in [5.74, 6) is 0. The van der Waals surface area contributed by atoms with Crippen LogP contribution in [0.3, 0.4) is 0 Å². The predicted octanol–water partition coefficient (Wildman–Crippen LogP) is 4.75. The third kappa shape index (κ3) is 2.94. The molecule has 0 spiro atoms. The number of hydrogen-bond donors (Lipinski definition) is 1. The molecule has 1 N–H and O–H groups in total. The molecular formula is C18H17BrN3OS. The Morgan fingerprint density at radius 2 is 2.08 bits per heavy atom. The lowest BCUT2D eigenvalue weighted by molar-refractivity contribution is 0.142. The monoisotopic (exact) mass is 402 g/mol. The number of benzene rings is 2. The van der Waals surface area contributed by atoms with E-state index in [9.17, 15) is 0 Å². The molecule has 6 heteroatoms. The molecule has 2 aromatic carbocycles. The summed E-state index contributed by atoms with van der Waals surface area (Å²) < 4.78 is 6.86. The second kappa shape index (κ2) is 6.78. The number of thioether (sulfide) groups is 1. The minimum absolute atomic E-state index is 0.156. The lowest BCUT2D eigenvalue weighted by atomic mass is 10.0. The zero-order valence-electron chi connectivity index (χ0n) is 13.1. The predicted molar refractivity (Wildman–Crippen MR) is 103 cm³/mol. The van der Waals surface area contributed by atoms with Crippen molar-refractivity contribution in [3.05, 3.63) is 65.4 Å². The van der Waals surface area contributed by atoms with Gasteiger partial charge in [-0.25, -0.2) is 4.98 Å². The van der Waals surface area contributed by atoms with Crippen LogP contribution in [-0.4, -0.2) is 28.2 Å². The highest BCUT2D eigenvalue weighted by molar-refractivity contribution is 9.10. The van der Waals surface area contributed by atoms with E-state index in [0.29, 0.717) is 6.61 Å². The van der Waals surface area contributed by atoms with Gasteiger partial charge in [0.2, 0.25) is 0 Å². The van der Waals surface area contributed by atoms with Crippen molar-refractivity contribution in [3.63, 3.8) is 0 Å². The first-order chi connectivity index (χ1) is 11.8. The van der Waals surface area contributed by atoms with E-state index in [1.807, 2.05) is 6.61 Å². The number of aromatic amines is 1. The van der Waals surface area contributed by atoms with Crippen LogP contribution < -0.4 is 4.90 Å². The molecule has 123 valence electrons. The zero-order chi connectivity index (χ0) is 16.5. The Morgan fingerprint density at radius 1 is 1.25 bits per heavy atom. The van der Waals surface area contributed by atoms with Crippen LogP contribution in [-0.2, 0) is 4.74 Å². The van der Waals surface area contributed by atoms with E-state index in [0.717, 1.165) is 21.2 Å². The smallest absolute Gasteiger partial charge is 0.116 e. The largest absolute Gasteiger partial charge is 0.370 e. The summed E-state index contributed by atoms with van der Waals surface area (Å²) in [5.41, 5.74) is 4.43. The molecule has 4 nitrogen and oxygen atoms in total. The number of morpholine rings is 1. The number of aromatic nitrogens is 2. The standard InChI is InChI=1S/C18H17BrN3OS/c1-24-18-10-23-9-17(12-2-4-13(19)5-3-12)22(18)14-6-7-15-16(8-14)21-11-20-15/h2-8,10-11,17-18H,9H2,1H3,(H,20,21). The van der Waals surface area contributed by atoms with Crippen molar-refractivity contribution < 1.29 is 4.74 Å². The molecule has 1 saturated heterocycles. The van der Waals surface area contributed by atoms with Crippen LogP contribution in [0.25, 0.3) is 11.0 Å². The van der Waals surface area contributed by atoms with Gasteiger partial charge in [0.1, 0.15) is 12.0 Å². The average molecular weight is 403 g/mol. The van der Waals surface area contributed by atoms with E-state index in [1.54, 1.807) is 18.1 Å². The second-order valence-electron chi connectivity index (χ2n) is 5.67. The molecule has 0 aliphatic carbocycles. The van der Waals surface area contributed by atoms with Gasteiger partial charge in [0.05, 0.1) is 30.0 Å². The van der Waals surface area contributed by atoms with Crippen molar-refractivity contribution in [1.29, 1.82) is 0 Å². The number of imidazole rings is 1. The zero-order valence-corrected chi connectivity index (χ0v) is 15.5. The highest BCUT2D eigenvalue weighted by atomic mass is 79.9. The molecule has 1 radical (unpaired) electrons. The first kappa shape index (κ1) is 16.0. The van der Waals surface area contributed by atoms with Gasteiger partial charge in [-0.2, -0.15) is 0 Å². The van der Waals surface area contributed by atoms with Crippen molar-refractivity contribution in [3.8, 4) is 0 Å². The molecule has 0 amide bonds. The van der Waals surface area contributed by atoms with Gasteiger partial charge >= 0.3 is 0 Å². The van der Waals surface area contributed by atoms with E-state index < -0.39 is 0 Å². The number of hydrogen-bond acceptors (Lipinski definition) is 4. The molecule has 0 saturated carbocycles. The summed E-state index contributed by atoms with van der Waals surface area (Å²) >= 11 is 5.28. The quantitative estimate of drug-likeness (QED) is 0.685. The van der Waals surface area contributed by atoms with Gasteiger partial charge in [-0.05, 0) is 42.2 Å². The summed E-state index contributed by atoms with van der Waals surface area (Å²) in [7, 11) is 0. The van der Waals surface area contributed by atoms with Crippen LogP contribution in [0.5, 0.6) is 0 Å². The number of rotatable bonds is 3. The summed E-state index contributed by atoms with van der Waals surface area (Å²) in [5, 5.41) is 0.156. The molecule has 1 fully saturated rings. The third-order valence-electron chi connectivity index (χ3n) is 4.28. The Hall–Kier alpha value is -1.50. The maximum atomic E-state index is 5.77. The first-order valence-corrected chi connectivity index (χ1v) is 9.79. The molecule has 2 atom stereocenters. The number of nitrogens with zero attached hydrogens (tertiary/aromatic N) is 2. The number of ether oxygens (including phenoxy) is 1. The van der Waals surface area contributed by atoms with Crippen molar-refractivity contribution in [2.24, 2.45) is 0 Å². The third-order valence-corrected chi connectivity index (χ3v) is 5.63. The fourth-order valence-corrected chi connectivity index (χ4v) is 4.02. The number of nitrogens with one attached hydrogen (secondary N) is 1. The van der Waals surface area contributed by atoms with E-state index in [1.165, 1.54) is 5.56 Å². The maximum absolute atomic E-state index is 5.77. The minimum Gasteiger partial charge on any atom is -0.370 e. The van der Waals surface area contributed by atoms with Crippen LogP contribution in [0.1, 0.15) is 11.6 Å². The van der Waals surface area contributed by atoms with Crippen LogP contribution in [0.4, 0.5) is 5.69 Å². The molecule has 3 aromatic rings. The van der Waals surface area contributed by atoms with Crippen molar-refractivity contribution in [2.45, 2.75) is 11.4 Å². The molecule has 24 heavy (non-hydrogen) atoms. The molecule has 0 bridgehead atoms. The van der Waals surface area contributed by atoms with E-state index in [4.69, 9.17) is 4.74 Å². The molecule has 2 unspecified atom stereocenters. The van der Waals surface area contributed by atoms with Crippen molar-refractivity contribution in [2.75, 3.05) is 17.8 Å². The second-order valence-corrected chi connectivity index (χ2v) is 7.54. The summed E-state index contributed by atoms with van der Waals surface area (Å²) in [6.07, 6.45) is 3.84. The normalized spacial score (nSPS) is 21.3. The van der Waals surface area contributed by atoms with Gasteiger partial charge < -0.3 is 14.6 Å². The molecule has 1 aliphatic heterocycles. The Balaban J connectivity index is 1.77. The lowest BCUT2D eigenvalue weighted by Crippen LogP contribution is -2.43. The lowest BCUT2D eigenvalue weighted by Gasteiger charge is -2.42. The number of anilines is 1. The highest BCUT2D eigenvalue weighted by Gasteiger charge is 2.32. The fourth-order valence-electron chi connectivity index (χ4n) is 3.07. The Kier molecular flexibility index (Phi) is 4.52. The van der Waals surface area contributed by atoms with Crippen molar-refractivity contribution in [1.82, 2.24) is 9.97 Å². The van der Waals surface area contributed by atoms with E-state index in [-0.39, 0.29) is 11.4 Å². The van der Waals surface area contributed by atoms with Crippen molar-refractivity contribution >= 4 is 44.4 Å². The Labute approximate surface area is 153 Å². The molecule has 1 aliphatic rings. The number of fused-ring (bicyclic) bond motifs is 1. The van der Waals surface area contributed by atoms with E-state index in [2.05, 4.69) is 79.5 Å². The van der Waals surface area contributed by atoms with Gasteiger partial charge in [-0.15, -0.1) is 11.8 Å². The van der Waals surface area contributed by atoms with Gasteiger partial charge in [0.15, 0.2) is 0 Å². The summed E-state index contributed by atoms with van der Waals surface area (Å²) in [6.45, 7) is 2.56. The highest BCUT2D eigenvalue weighted by Crippen LogP contribution is 2.38. The summed E-state index contributed by atoms with van der Waals surface area (Å²) in [6, 6.07) is 15.0. The van der Waals surface area contributed by atoms with Gasteiger partial charge in [0.25, 0.3) is 0 Å². The first-order valence-electron chi connectivity index (χ1n) is 7.71. The Morgan fingerprint density at radius 3 is 2.88 bits per heavy atom. The van der Waals surface area contributed by atoms with Crippen LogP contribution in [0.2, 0.25) is 0 Å². The maximum Gasteiger partial charge on any atom is 0.116 e. The van der Waals surface area contributed by atoms with Gasteiger partial charge in [0, 0.05) is 10.2 Å². The van der Waals surface area contributed by atoms with Crippen LogP contribution in [0.15, 0.2) is 53.3 Å². The topological polar surface area (TPSA) is 41.1 Å². The molecule has 4 rings (SSSR count). The minimum atomic E-state index is 0.156. The molecular weight excluding hydrogens is 386 g/mol. The van der Waals surface area contributed by atoms with Crippen LogP contribution in [0, 0.1) is 6.61 Å². The SMILES string of the molecule is CSC1[CH]OCC(c2ccc(Br)cc2)N1c1ccc2[nH]cnc2c1. The average Bonchev–Trinajstić information content (AvgIpc) is 3.09.